The number of piperidine rings is 1. The molecule has 0 bridgehead atoms. The van der Waals surface area contributed by atoms with Gasteiger partial charge in [0, 0.05) is 42.4 Å². The highest BCUT2D eigenvalue weighted by Gasteiger charge is 2.53. The summed E-state index contributed by atoms with van der Waals surface area (Å²) in [5.41, 5.74) is 5.06. The Balaban J connectivity index is 1.23. The molecule has 2 aromatic heterocycles. The average Bonchev–Trinajstić information content (AvgIpc) is 3.15. The van der Waals surface area contributed by atoms with Crippen LogP contribution in [0.2, 0.25) is 0 Å². The highest BCUT2D eigenvalue weighted by atomic mass is 16.5. The van der Waals surface area contributed by atoms with E-state index in [0.717, 1.165) is 66.4 Å². The number of pyridine rings is 2. The molecule has 1 amide bonds. The van der Waals surface area contributed by atoms with Crippen LogP contribution in [0, 0.1) is 5.41 Å². The van der Waals surface area contributed by atoms with Crippen molar-refractivity contribution in [1.82, 2.24) is 14.9 Å². The smallest absolute Gasteiger partial charge is 0.237 e. The van der Waals surface area contributed by atoms with E-state index in [1.165, 1.54) is 37.9 Å². The van der Waals surface area contributed by atoms with Crippen LogP contribution in [0.3, 0.4) is 0 Å². The van der Waals surface area contributed by atoms with Crippen molar-refractivity contribution in [1.29, 1.82) is 0 Å². The fraction of sp³-hybridized carbons (Fsp3) is 0.531. The van der Waals surface area contributed by atoms with Gasteiger partial charge in [-0.2, -0.15) is 0 Å². The van der Waals surface area contributed by atoms with Gasteiger partial charge in [0.1, 0.15) is 0 Å². The number of likely N-dealkylation sites (N-methyl/N-ethyl adjacent to an activating group) is 1. The maximum absolute atomic E-state index is 13.7. The van der Waals surface area contributed by atoms with E-state index >= 15 is 0 Å². The molecule has 6 nitrogen and oxygen atoms in total. The van der Waals surface area contributed by atoms with Crippen molar-refractivity contribution in [3.8, 4) is 17.0 Å². The second-order valence-electron chi connectivity index (χ2n) is 12.4. The molecule has 1 saturated carbocycles. The third-order valence-corrected chi connectivity index (χ3v) is 9.25. The summed E-state index contributed by atoms with van der Waals surface area (Å²) in [6.45, 7) is 8.88. The first-order chi connectivity index (χ1) is 18.4. The van der Waals surface area contributed by atoms with Crippen molar-refractivity contribution in [2.24, 2.45) is 5.41 Å². The standard InChI is InChI=1S/C32H40N4O2/c1-31(2)12-14-32(15-13-31)29-25-20-23(8-10-26(25)33-22-27(29)35(3)30(32)37)24-9-11-28(34-21-24)38-19-7-18-36-16-5-4-6-17-36/h8-11,20-22H,4-7,12-19H2,1-3H3. The number of amides is 1. The molecule has 200 valence electrons. The molecule has 38 heavy (non-hydrogen) atoms. The number of hydrogen-bond donors (Lipinski definition) is 0. The quantitative estimate of drug-likeness (QED) is 0.360. The molecule has 4 heterocycles. The van der Waals surface area contributed by atoms with Crippen LogP contribution in [-0.2, 0) is 10.2 Å². The third-order valence-electron chi connectivity index (χ3n) is 9.25. The van der Waals surface area contributed by atoms with Crippen molar-refractivity contribution in [3.05, 3.63) is 48.3 Å². The molecule has 6 heteroatoms. The van der Waals surface area contributed by atoms with Gasteiger partial charge in [0.2, 0.25) is 11.8 Å². The van der Waals surface area contributed by atoms with Crippen LogP contribution in [0.25, 0.3) is 22.0 Å². The summed E-state index contributed by atoms with van der Waals surface area (Å²) in [5, 5.41) is 1.09. The molecule has 0 unspecified atom stereocenters. The number of rotatable bonds is 6. The summed E-state index contributed by atoms with van der Waals surface area (Å²) in [6.07, 6.45) is 12.7. The molecule has 1 aliphatic carbocycles. The minimum absolute atomic E-state index is 0.228. The molecule has 0 N–H and O–H groups in total. The SMILES string of the molecule is CN1C(=O)C2(CCC(C)(C)CC2)c2c1cnc1ccc(-c3ccc(OCCCN4CCCCC4)nc3)cc21. The predicted molar refractivity (Wildman–Crippen MR) is 153 cm³/mol. The lowest BCUT2D eigenvalue weighted by molar-refractivity contribution is -0.124. The summed E-state index contributed by atoms with van der Waals surface area (Å²) in [6, 6.07) is 10.5. The van der Waals surface area contributed by atoms with Crippen LogP contribution in [0.1, 0.15) is 70.8 Å². The molecular formula is C32H40N4O2. The Bertz CT molecular complexity index is 1320. The number of fused-ring (bicyclic) bond motifs is 4. The van der Waals surface area contributed by atoms with E-state index < -0.39 is 5.41 Å². The highest BCUT2D eigenvalue weighted by molar-refractivity contribution is 6.12. The van der Waals surface area contributed by atoms with E-state index in [1.54, 1.807) is 0 Å². The molecule has 3 aromatic rings. The number of anilines is 1. The Labute approximate surface area is 226 Å². The maximum Gasteiger partial charge on any atom is 0.237 e. The first-order valence-electron chi connectivity index (χ1n) is 14.4. The lowest BCUT2D eigenvalue weighted by Gasteiger charge is -2.40. The van der Waals surface area contributed by atoms with E-state index in [1.807, 2.05) is 30.4 Å². The Kier molecular flexibility index (Phi) is 6.63. The minimum Gasteiger partial charge on any atom is -0.478 e. The summed E-state index contributed by atoms with van der Waals surface area (Å²) < 4.78 is 5.94. The zero-order chi connectivity index (χ0) is 26.3. The first-order valence-corrected chi connectivity index (χ1v) is 14.4. The number of benzene rings is 1. The normalized spacial score (nSPS) is 20.7. The Hall–Kier alpha value is -2.99. The predicted octanol–water partition coefficient (Wildman–Crippen LogP) is 6.37. The van der Waals surface area contributed by atoms with E-state index in [-0.39, 0.29) is 11.3 Å². The van der Waals surface area contributed by atoms with E-state index in [2.05, 4.69) is 48.0 Å². The summed E-state index contributed by atoms with van der Waals surface area (Å²) in [7, 11) is 1.90. The van der Waals surface area contributed by atoms with Crippen LogP contribution < -0.4 is 9.64 Å². The number of hydrogen-bond acceptors (Lipinski definition) is 5. The number of carbonyl (C=O) groups is 1. The van der Waals surface area contributed by atoms with Crippen LogP contribution in [-0.4, -0.2) is 54.1 Å². The van der Waals surface area contributed by atoms with Gasteiger partial charge in [0.25, 0.3) is 0 Å². The third kappa shape index (κ3) is 4.57. The van der Waals surface area contributed by atoms with E-state index in [4.69, 9.17) is 9.72 Å². The topological polar surface area (TPSA) is 58.6 Å². The molecule has 2 fully saturated rings. The molecule has 1 saturated heterocycles. The number of likely N-dealkylation sites (tertiary alicyclic amines) is 1. The maximum atomic E-state index is 13.7. The van der Waals surface area contributed by atoms with Gasteiger partial charge in [-0.05, 0) is 87.2 Å². The molecule has 6 rings (SSSR count). The molecule has 1 spiro atoms. The molecule has 2 aliphatic heterocycles. The number of ether oxygens (including phenoxy) is 1. The molecule has 0 atom stereocenters. The van der Waals surface area contributed by atoms with Gasteiger partial charge in [-0.3, -0.25) is 9.78 Å². The second-order valence-corrected chi connectivity index (χ2v) is 12.4. The van der Waals surface area contributed by atoms with Gasteiger partial charge in [-0.15, -0.1) is 0 Å². The minimum atomic E-state index is -0.441. The van der Waals surface area contributed by atoms with E-state index in [9.17, 15) is 4.79 Å². The monoisotopic (exact) mass is 512 g/mol. The van der Waals surface area contributed by atoms with Crippen molar-refractivity contribution < 1.29 is 9.53 Å². The highest BCUT2D eigenvalue weighted by Crippen LogP contribution is 2.55. The van der Waals surface area contributed by atoms with Crippen molar-refractivity contribution in [2.75, 3.05) is 38.2 Å². The molecule has 1 aromatic carbocycles. The lowest BCUT2D eigenvalue weighted by Crippen LogP contribution is -2.43. The average molecular weight is 513 g/mol. The van der Waals surface area contributed by atoms with Crippen LogP contribution in [0.5, 0.6) is 5.88 Å². The second kappa shape index (κ2) is 9.96. The van der Waals surface area contributed by atoms with Crippen molar-refractivity contribution in [2.45, 2.75) is 70.6 Å². The van der Waals surface area contributed by atoms with Crippen molar-refractivity contribution in [3.63, 3.8) is 0 Å². The molecular weight excluding hydrogens is 472 g/mol. The zero-order valence-electron chi connectivity index (χ0n) is 23.1. The fourth-order valence-electron chi connectivity index (χ4n) is 6.76. The van der Waals surface area contributed by atoms with Gasteiger partial charge in [-0.25, -0.2) is 4.98 Å². The van der Waals surface area contributed by atoms with Gasteiger partial charge < -0.3 is 14.5 Å². The molecule has 0 radical (unpaired) electrons. The summed E-state index contributed by atoms with van der Waals surface area (Å²) in [4.78, 5) is 27.4. The van der Waals surface area contributed by atoms with E-state index in [0.29, 0.717) is 12.5 Å². The van der Waals surface area contributed by atoms with Crippen LogP contribution in [0.15, 0.2) is 42.7 Å². The van der Waals surface area contributed by atoms with Gasteiger partial charge in [-0.1, -0.05) is 26.3 Å². The van der Waals surface area contributed by atoms with Crippen LogP contribution in [0.4, 0.5) is 5.69 Å². The summed E-state index contributed by atoms with van der Waals surface area (Å²) in [5.74, 6) is 0.901. The number of carbonyl (C=O) groups excluding carboxylic acids is 1. The van der Waals surface area contributed by atoms with Crippen LogP contribution >= 0.6 is 0 Å². The Morgan fingerprint density at radius 1 is 0.921 bits per heavy atom. The Morgan fingerprint density at radius 3 is 2.42 bits per heavy atom. The lowest BCUT2D eigenvalue weighted by atomic mass is 9.62. The molecule has 3 aliphatic rings. The largest absolute Gasteiger partial charge is 0.478 e. The summed E-state index contributed by atoms with van der Waals surface area (Å²) >= 11 is 0. The van der Waals surface area contributed by atoms with Crippen molar-refractivity contribution >= 4 is 22.5 Å². The van der Waals surface area contributed by atoms with Gasteiger partial charge in [0.05, 0.1) is 29.4 Å². The van der Waals surface area contributed by atoms with Gasteiger partial charge >= 0.3 is 0 Å². The first kappa shape index (κ1) is 25.3. The number of nitrogens with zero attached hydrogens (tertiary/aromatic N) is 4. The Morgan fingerprint density at radius 2 is 1.68 bits per heavy atom. The zero-order valence-corrected chi connectivity index (χ0v) is 23.1. The number of aromatic nitrogens is 2. The van der Waals surface area contributed by atoms with Gasteiger partial charge in [0.15, 0.2) is 0 Å². The fourth-order valence-corrected chi connectivity index (χ4v) is 6.76.